The van der Waals surface area contributed by atoms with E-state index in [2.05, 4.69) is 17.6 Å². The third-order valence-corrected chi connectivity index (χ3v) is 3.50. The first kappa shape index (κ1) is 15.5. The second-order valence-electron chi connectivity index (χ2n) is 5.31. The van der Waals surface area contributed by atoms with Crippen molar-refractivity contribution in [1.82, 2.24) is 10.2 Å². The van der Waals surface area contributed by atoms with Crippen molar-refractivity contribution >= 4 is 17.5 Å². The first-order valence-corrected chi connectivity index (χ1v) is 7.60. The largest absolute Gasteiger partial charge is 0.339 e. The van der Waals surface area contributed by atoms with Gasteiger partial charge >= 0.3 is 0 Å². The molecule has 2 amide bonds. The maximum Gasteiger partial charge on any atom is 0.253 e. The van der Waals surface area contributed by atoms with Gasteiger partial charge in [-0.05, 0) is 44.0 Å². The molecule has 2 rings (SSSR count). The summed E-state index contributed by atoms with van der Waals surface area (Å²) in [7, 11) is 0. The second-order valence-corrected chi connectivity index (χ2v) is 5.31. The summed E-state index contributed by atoms with van der Waals surface area (Å²) in [5.74, 6) is -0.0399. The van der Waals surface area contributed by atoms with Crippen molar-refractivity contribution in [3.63, 3.8) is 0 Å². The normalized spacial score (nSPS) is 14.2. The highest BCUT2D eigenvalue weighted by atomic mass is 16.2. The summed E-state index contributed by atoms with van der Waals surface area (Å²) in [6.07, 6.45) is 3.14. The number of nitrogens with one attached hydrogen (secondary N) is 2. The predicted molar refractivity (Wildman–Crippen MR) is 83.4 cm³/mol. The molecule has 0 unspecified atom stereocenters. The number of nitrogens with zero attached hydrogens (tertiary/aromatic N) is 1. The Bertz CT molecular complexity index is 496. The van der Waals surface area contributed by atoms with Gasteiger partial charge in [0.1, 0.15) is 0 Å². The molecular formula is C16H23N3O2. The lowest BCUT2D eigenvalue weighted by Gasteiger charge is -2.15. The SMILES string of the molecule is CCCNCC(=O)Nc1cccc(C(=O)N2CCCC2)c1. The zero-order chi connectivity index (χ0) is 15.1. The monoisotopic (exact) mass is 289 g/mol. The molecule has 0 saturated carbocycles. The van der Waals surface area contributed by atoms with Gasteiger partial charge in [-0.25, -0.2) is 0 Å². The molecule has 1 saturated heterocycles. The van der Waals surface area contributed by atoms with Gasteiger partial charge in [0, 0.05) is 24.3 Å². The highest BCUT2D eigenvalue weighted by molar-refractivity contribution is 5.97. The van der Waals surface area contributed by atoms with Crippen LogP contribution in [0.3, 0.4) is 0 Å². The van der Waals surface area contributed by atoms with E-state index in [4.69, 9.17) is 0 Å². The molecular weight excluding hydrogens is 266 g/mol. The Labute approximate surface area is 125 Å². The number of benzene rings is 1. The quantitative estimate of drug-likeness (QED) is 0.786. The molecule has 0 aromatic heterocycles. The van der Waals surface area contributed by atoms with Gasteiger partial charge in [0.05, 0.1) is 6.54 Å². The predicted octanol–water partition coefficient (Wildman–Crippen LogP) is 1.86. The van der Waals surface area contributed by atoms with Gasteiger partial charge in [0.25, 0.3) is 5.91 Å². The van der Waals surface area contributed by atoms with E-state index in [0.717, 1.165) is 38.9 Å². The standard InChI is InChI=1S/C16H23N3O2/c1-2-8-17-12-15(20)18-14-7-5-6-13(11-14)16(21)19-9-3-4-10-19/h5-7,11,17H,2-4,8-10,12H2,1H3,(H,18,20). The summed E-state index contributed by atoms with van der Waals surface area (Å²) in [5, 5.41) is 5.86. The van der Waals surface area contributed by atoms with Crippen LogP contribution in [0.4, 0.5) is 5.69 Å². The van der Waals surface area contributed by atoms with Gasteiger partial charge in [0.2, 0.25) is 5.91 Å². The molecule has 0 spiro atoms. The third-order valence-electron chi connectivity index (χ3n) is 3.50. The lowest BCUT2D eigenvalue weighted by Crippen LogP contribution is -2.29. The van der Waals surface area contributed by atoms with Crippen LogP contribution in [-0.2, 0) is 4.79 Å². The van der Waals surface area contributed by atoms with E-state index in [-0.39, 0.29) is 18.4 Å². The average Bonchev–Trinajstić information content (AvgIpc) is 3.01. The first-order chi connectivity index (χ1) is 10.2. The Morgan fingerprint density at radius 1 is 1.24 bits per heavy atom. The maximum absolute atomic E-state index is 12.3. The Kier molecular flexibility index (Phi) is 5.75. The van der Waals surface area contributed by atoms with Crippen molar-refractivity contribution in [2.24, 2.45) is 0 Å². The van der Waals surface area contributed by atoms with Crippen molar-refractivity contribution < 1.29 is 9.59 Å². The third kappa shape index (κ3) is 4.56. The van der Waals surface area contributed by atoms with Crippen LogP contribution in [0.2, 0.25) is 0 Å². The van der Waals surface area contributed by atoms with Crippen LogP contribution in [0.5, 0.6) is 0 Å². The fraction of sp³-hybridized carbons (Fsp3) is 0.500. The number of likely N-dealkylation sites (tertiary alicyclic amines) is 1. The molecule has 21 heavy (non-hydrogen) atoms. The fourth-order valence-corrected chi connectivity index (χ4v) is 2.42. The highest BCUT2D eigenvalue weighted by Crippen LogP contribution is 2.16. The molecule has 5 nitrogen and oxygen atoms in total. The van der Waals surface area contributed by atoms with Crippen LogP contribution in [0.1, 0.15) is 36.5 Å². The first-order valence-electron chi connectivity index (χ1n) is 7.60. The van der Waals surface area contributed by atoms with Crippen molar-refractivity contribution in [2.75, 3.05) is 31.5 Å². The van der Waals surface area contributed by atoms with Gasteiger partial charge in [-0.3, -0.25) is 9.59 Å². The van der Waals surface area contributed by atoms with E-state index >= 15 is 0 Å². The molecule has 1 aromatic carbocycles. The van der Waals surface area contributed by atoms with Crippen LogP contribution in [0, 0.1) is 0 Å². The van der Waals surface area contributed by atoms with Crippen molar-refractivity contribution in [3.8, 4) is 0 Å². The van der Waals surface area contributed by atoms with Gasteiger partial charge in [-0.15, -0.1) is 0 Å². The van der Waals surface area contributed by atoms with Gasteiger partial charge in [0.15, 0.2) is 0 Å². The fourth-order valence-electron chi connectivity index (χ4n) is 2.42. The summed E-state index contributed by atoms with van der Waals surface area (Å²) < 4.78 is 0. The van der Waals surface area contributed by atoms with Crippen molar-refractivity contribution in [2.45, 2.75) is 26.2 Å². The van der Waals surface area contributed by atoms with Crippen LogP contribution < -0.4 is 10.6 Å². The zero-order valence-electron chi connectivity index (χ0n) is 12.5. The topological polar surface area (TPSA) is 61.4 Å². The Morgan fingerprint density at radius 3 is 2.71 bits per heavy atom. The van der Waals surface area contributed by atoms with Crippen molar-refractivity contribution in [3.05, 3.63) is 29.8 Å². The molecule has 0 atom stereocenters. The number of hydrogen-bond acceptors (Lipinski definition) is 3. The number of amides is 2. The summed E-state index contributed by atoms with van der Waals surface area (Å²) in [5.41, 5.74) is 1.31. The van der Waals surface area contributed by atoms with Crippen molar-refractivity contribution in [1.29, 1.82) is 0 Å². The van der Waals surface area contributed by atoms with Crippen LogP contribution in [-0.4, -0.2) is 42.9 Å². The summed E-state index contributed by atoms with van der Waals surface area (Å²) >= 11 is 0. The molecule has 114 valence electrons. The minimum Gasteiger partial charge on any atom is -0.339 e. The van der Waals surface area contributed by atoms with E-state index in [1.54, 1.807) is 24.3 Å². The number of carbonyl (C=O) groups excluding carboxylic acids is 2. The molecule has 2 N–H and O–H groups in total. The van der Waals surface area contributed by atoms with E-state index in [0.29, 0.717) is 11.3 Å². The molecule has 1 fully saturated rings. The zero-order valence-corrected chi connectivity index (χ0v) is 12.5. The number of hydrogen-bond donors (Lipinski definition) is 2. The van der Waals surface area contributed by atoms with Gasteiger partial charge in [-0.2, -0.15) is 0 Å². The van der Waals surface area contributed by atoms with E-state index in [9.17, 15) is 9.59 Å². The van der Waals surface area contributed by atoms with E-state index in [1.807, 2.05) is 4.90 Å². The molecule has 0 bridgehead atoms. The van der Waals surface area contributed by atoms with Crippen LogP contribution >= 0.6 is 0 Å². The molecule has 0 radical (unpaired) electrons. The lowest BCUT2D eigenvalue weighted by atomic mass is 10.1. The minimum absolute atomic E-state index is 0.0488. The highest BCUT2D eigenvalue weighted by Gasteiger charge is 2.19. The van der Waals surface area contributed by atoms with Gasteiger partial charge < -0.3 is 15.5 Å². The average molecular weight is 289 g/mol. The molecule has 1 heterocycles. The maximum atomic E-state index is 12.3. The smallest absolute Gasteiger partial charge is 0.253 e. The second kappa shape index (κ2) is 7.78. The molecule has 1 aliphatic heterocycles. The minimum atomic E-state index is -0.0887. The Hall–Kier alpha value is -1.88. The Balaban J connectivity index is 1.94. The molecule has 5 heteroatoms. The molecule has 1 aromatic rings. The lowest BCUT2D eigenvalue weighted by molar-refractivity contribution is -0.115. The van der Waals surface area contributed by atoms with Crippen LogP contribution in [0.25, 0.3) is 0 Å². The van der Waals surface area contributed by atoms with E-state index < -0.39 is 0 Å². The van der Waals surface area contributed by atoms with Gasteiger partial charge in [-0.1, -0.05) is 13.0 Å². The summed E-state index contributed by atoms with van der Waals surface area (Å²) in [6, 6.07) is 7.15. The summed E-state index contributed by atoms with van der Waals surface area (Å²) in [6.45, 7) is 4.82. The number of rotatable bonds is 6. The number of carbonyl (C=O) groups is 2. The van der Waals surface area contributed by atoms with Crippen LogP contribution in [0.15, 0.2) is 24.3 Å². The molecule has 0 aliphatic carbocycles. The number of anilines is 1. The molecule has 1 aliphatic rings. The van der Waals surface area contributed by atoms with E-state index in [1.165, 1.54) is 0 Å². The summed E-state index contributed by atoms with van der Waals surface area (Å²) in [4.78, 5) is 25.9. The Morgan fingerprint density at radius 2 is 2.00 bits per heavy atom.